The van der Waals surface area contributed by atoms with Crippen LogP contribution in [0.1, 0.15) is 22.3 Å². The Morgan fingerprint density at radius 1 is 1.26 bits per heavy atom. The number of rotatable bonds is 5. The first-order valence-electron chi connectivity index (χ1n) is 9.10. The van der Waals surface area contributed by atoms with Gasteiger partial charge in [0.25, 0.3) is 5.91 Å². The lowest BCUT2D eigenvalue weighted by Gasteiger charge is -2.28. The quantitative estimate of drug-likeness (QED) is 0.416. The SMILES string of the molecule is O=C(/C=C/c1ccc2c(c1)CCN(CCc1cnn3ccccc13)C2)NO. The molecule has 3 aromatic rings. The lowest BCUT2D eigenvalue weighted by atomic mass is 9.97. The zero-order valence-electron chi connectivity index (χ0n) is 15.0. The molecule has 0 unspecified atom stereocenters. The Kier molecular flexibility index (Phi) is 5.00. The van der Waals surface area contributed by atoms with Crippen LogP contribution in [0.4, 0.5) is 0 Å². The fourth-order valence-corrected chi connectivity index (χ4v) is 3.59. The number of aromatic nitrogens is 2. The fourth-order valence-electron chi connectivity index (χ4n) is 3.59. The van der Waals surface area contributed by atoms with Crippen LogP contribution >= 0.6 is 0 Å². The molecule has 138 valence electrons. The van der Waals surface area contributed by atoms with Gasteiger partial charge in [-0.25, -0.2) is 10.00 Å². The third-order valence-corrected chi connectivity index (χ3v) is 5.06. The Hall–Kier alpha value is -2.96. The standard InChI is InChI=1S/C21H22N4O2/c26-21(23-27)7-5-16-4-6-19-15-24(11-8-17(19)13-16)12-9-18-14-22-25-10-2-1-3-20(18)25/h1-7,10,13-14,27H,8-9,11-12,15H2,(H,23,26)/b7-5+. The van der Waals surface area contributed by atoms with Crippen molar-refractivity contribution in [3.8, 4) is 0 Å². The van der Waals surface area contributed by atoms with E-state index in [4.69, 9.17) is 5.21 Å². The average molecular weight is 362 g/mol. The molecular formula is C21H22N4O2. The minimum Gasteiger partial charge on any atom is -0.298 e. The molecule has 3 heterocycles. The molecule has 0 atom stereocenters. The highest BCUT2D eigenvalue weighted by atomic mass is 16.5. The Morgan fingerprint density at radius 3 is 3.07 bits per heavy atom. The number of pyridine rings is 1. The van der Waals surface area contributed by atoms with Crippen molar-refractivity contribution in [1.29, 1.82) is 0 Å². The highest BCUT2D eigenvalue weighted by Gasteiger charge is 2.16. The van der Waals surface area contributed by atoms with Crippen LogP contribution in [0.5, 0.6) is 0 Å². The summed E-state index contributed by atoms with van der Waals surface area (Å²) in [5, 5.41) is 13.0. The van der Waals surface area contributed by atoms with Crippen LogP contribution in [0, 0.1) is 0 Å². The number of amides is 1. The van der Waals surface area contributed by atoms with E-state index in [0.29, 0.717) is 0 Å². The minimum absolute atomic E-state index is 0.522. The van der Waals surface area contributed by atoms with Gasteiger partial charge in [-0.15, -0.1) is 0 Å². The van der Waals surface area contributed by atoms with E-state index in [1.54, 1.807) is 11.6 Å². The summed E-state index contributed by atoms with van der Waals surface area (Å²) in [6, 6.07) is 12.4. The first-order chi connectivity index (χ1) is 13.2. The van der Waals surface area contributed by atoms with Gasteiger partial charge in [0.1, 0.15) is 0 Å². The summed E-state index contributed by atoms with van der Waals surface area (Å²) >= 11 is 0. The van der Waals surface area contributed by atoms with Crippen molar-refractivity contribution in [2.24, 2.45) is 0 Å². The topological polar surface area (TPSA) is 69.9 Å². The van der Waals surface area contributed by atoms with E-state index in [9.17, 15) is 4.79 Å². The highest BCUT2D eigenvalue weighted by molar-refractivity contribution is 5.90. The van der Waals surface area contributed by atoms with E-state index in [2.05, 4.69) is 28.2 Å². The zero-order chi connectivity index (χ0) is 18.6. The number of benzene rings is 1. The maximum absolute atomic E-state index is 11.1. The molecule has 1 aromatic carbocycles. The lowest BCUT2D eigenvalue weighted by Crippen LogP contribution is -2.32. The monoisotopic (exact) mass is 362 g/mol. The highest BCUT2D eigenvalue weighted by Crippen LogP contribution is 2.22. The molecule has 0 saturated heterocycles. The van der Waals surface area contributed by atoms with E-state index in [-0.39, 0.29) is 0 Å². The summed E-state index contributed by atoms with van der Waals surface area (Å²) in [5.74, 6) is -0.522. The predicted octanol–water partition coefficient (Wildman–Crippen LogP) is 2.45. The zero-order valence-corrected chi connectivity index (χ0v) is 15.0. The van der Waals surface area contributed by atoms with Crippen LogP contribution in [0.25, 0.3) is 11.6 Å². The van der Waals surface area contributed by atoms with Crippen LogP contribution in [-0.2, 0) is 24.2 Å². The number of nitrogens with zero attached hydrogens (tertiary/aromatic N) is 3. The van der Waals surface area contributed by atoms with Gasteiger partial charge >= 0.3 is 0 Å². The summed E-state index contributed by atoms with van der Waals surface area (Å²) < 4.78 is 1.92. The van der Waals surface area contributed by atoms with Crippen LogP contribution in [0.15, 0.2) is 54.9 Å². The molecular weight excluding hydrogens is 340 g/mol. The number of hydrogen-bond donors (Lipinski definition) is 2. The Bertz CT molecular complexity index is 993. The summed E-state index contributed by atoms with van der Waals surface area (Å²) in [4.78, 5) is 13.6. The molecule has 2 N–H and O–H groups in total. The smallest absolute Gasteiger partial charge is 0.267 e. The average Bonchev–Trinajstić information content (AvgIpc) is 3.13. The molecule has 0 fully saturated rings. The second-order valence-corrected chi connectivity index (χ2v) is 6.81. The molecule has 2 aromatic heterocycles. The summed E-state index contributed by atoms with van der Waals surface area (Å²) in [6.07, 6.45) is 8.97. The molecule has 1 aliphatic rings. The number of nitrogens with one attached hydrogen (secondary N) is 1. The van der Waals surface area contributed by atoms with Crippen molar-refractivity contribution in [1.82, 2.24) is 20.0 Å². The molecule has 1 aliphatic heterocycles. The molecule has 6 nitrogen and oxygen atoms in total. The van der Waals surface area contributed by atoms with E-state index >= 15 is 0 Å². The summed E-state index contributed by atoms with van der Waals surface area (Å²) in [6.45, 7) is 2.97. The van der Waals surface area contributed by atoms with Gasteiger partial charge in [-0.2, -0.15) is 5.10 Å². The number of hydroxylamine groups is 1. The van der Waals surface area contributed by atoms with Crippen molar-refractivity contribution >= 4 is 17.5 Å². The van der Waals surface area contributed by atoms with Crippen molar-refractivity contribution in [3.63, 3.8) is 0 Å². The number of hydrogen-bond acceptors (Lipinski definition) is 4. The van der Waals surface area contributed by atoms with Crippen molar-refractivity contribution in [3.05, 3.63) is 77.1 Å². The first-order valence-corrected chi connectivity index (χ1v) is 9.10. The van der Waals surface area contributed by atoms with Crippen LogP contribution < -0.4 is 5.48 Å². The van der Waals surface area contributed by atoms with Gasteiger partial charge in [0.05, 0.1) is 11.7 Å². The van der Waals surface area contributed by atoms with Gasteiger partial charge < -0.3 is 0 Å². The van der Waals surface area contributed by atoms with E-state index in [1.807, 2.05) is 35.1 Å². The van der Waals surface area contributed by atoms with E-state index < -0.39 is 5.91 Å². The fraction of sp³-hybridized carbons (Fsp3) is 0.238. The van der Waals surface area contributed by atoms with Gasteiger partial charge in [-0.05, 0) is 53.3 Å². The number of carbonyl (C=O) groups is 1. The molecule has 0 saturated carbocycles. The largest absolute Gasteiger partial charge is 0.298 e. The third-order valence-electron chi connectivity index (χ3n) is 5.06. The van der Waals surface area contributed by atoms with Crippen molar-refractivity contribution in [2.75, 3.05) is 13.1 Å². The second-order valence-electron chi connectivity index (χ2n) is 6.81. The van der Waals surface area contributed by atoms with E-state index in [0.717, 1.165) is 38.0 Å². The van der Waals surface area contributed by atoms with Crippen molar-refractivity contribution < 1.29 is 10.0 Å². The Labute approximate surface area is 157 Å². The number of fused-ring (bicyclic) bond motifs is 2. The van der Waals surface area contributed by atoms with E-state index in [1.165, 1.54) is 28.3 Å². The minimum atomic E-state index is -0.522. The van der Waals surface area contributed by atoms with Crippen LogP contribution in [0.3, 0.4) is 0 Å². The predicted molar refractivity (Wildman–Crippen MR) is 103 cm³/mol. The molecule has 1 amide bonds. The van der Waals surface area contributed by atoms with Crippen molar-refractivity contribution in [2.45, 2.75) is 19.4 Å². The normalized spacial score (nSPS) is 14.6. The first kappa shape index (κ1) is 17.5. The summed E-state index contributed by atoms with van der Waals surface area (Å²) in [5.41, 5.74) is 7.70. The third kappa shape index (κ3) is 3.92. The second kappa shape index (κ2) is 7.73. The van der Waals surface area contributed by atoms with Gasteiger partial charge in [0.2, 0.25) is 0 Å². The molecule has 0 spiro atoms. The number of carbonyl (C=O) groups excluding carboxylic acids is 1. The maximum atomic E-state index is 11.1. The van der Waals surface area contributed by atoms with Gasteiger partial charge in [-0.1, -0.05) is 24.3 Å². The maximum Gasteiger partial charge on any atom is 0.267 e. The Morgan fingerprint density at radius 2 is 2.19 bits per heavy atom. The van der Waals surface area contributed by atoms with Gasteiger partial charge in [-0.3, -0.25) is 14.9 Å². The van der Waals surface area contributed by atoms with Gasteiger partial charge in [0, 0.05) is 31.9 Å². The molecule has 4 rings (SSSR count). The van der Waals surface area contributed by atoms with Crippen LogP contribution in [0.2, 0.25) is 0 Å². The molecule has 0 bridgehead atoms. The molecule has 0 radical (unpaired) electrons. The van der Waals surface area contributed by atoms with Crippen LogP contribution in [-0.4, -0.2) is 38.7 Å². The summed E-state index contributed by atoms with van der Waals surface area (Å²) in [7, 11) is 0. The molecule has 0 aliphatic carbocycles. The molecule has 6 heteroatoms. The molecule has 27 heavy (non-hydrogen) atoms. The lowest BCUT2D eigenvalue weighted by molar-refractivity contribution is -0.124. The Balaban J connectivity index is 1.40. The van der Waals surface area contributed by atoms with Gasteiger partial charge in [0.15, 0.2) is 0 Å².